The number of aliphatic hydroxyl groups is 1. The third-order valence-electron chi connectivity index (χ3n) is 3.45. The van der Waals surface area contributed by atoms with Gasteiger partial charge < -0.3 is 19.9 Å². The number of carbonyl (C=O) groups excluding carboxylic acids is 1. The van der Waals surface area contributed by atoms with Crippen LogP contribution in [-0.2, 0) is 9.53 Å². The molecule has 0 aliphatic carbocycles. The number of rotatable bonds is 9. The van der Waals surface area contributed by atoms with Crippen LogP contribution in [0.4, 0.5) is 0 Å². The Hall–Kier alpha value is -1.60. The fourth-order valence-corrected chi connectivity index (χ4v) is 3.05. The lowest BCUT2D eigenvalue weighted by atomic mass is 10.1. The van der Waals surface area contributed by atoms with Crippen molar-refractivity contribution in [2.24, 2.45) is 0 Å². The third-order valence-corrected chi connectivity index (χ3v) is 4.67. The van der Waals surface area contributed by atoms with Crippen molar-refractivity contribution < 1.29 is 19.4 Å². The van der Waals surface area contributed by atoms with Crippen LogP contribution >= 0.6 is 22.9 Å². The highest BCUT2D eigenvalue weighted by Gasteiger charge is 2.30. The molecule has 1 atom stereocenters. The molecule has 0 radical (unpaired) electrons. The molecule has 2 aromatic rings. The molecule has 1 unspecified atom stereocenters. The quantitative estimate of drug-likeness (QED) is 0.696. The number of hydrogen-bond donors (Lipinski definition) is 2. The van der Waals surface area contributed by atoms with Gasteiger partial charge in [0.2, 0.25) is 0 Å². The van der Waals surface area contributed by atoms with E-state index in [0.717, 1.165) is 4.88 Å². The third kappa shape index (κ3) is 6.01. The Labute approximate surface area is 156 Å². The van der Waals surface area contributed by atoms with Gasteiger partial charge in [0.15, 0.2) is 5.60 Å². The molecule has 136 valence electrons. The van der Waals surface area contributed by atoms with Crippen molar-refractivity contribution in [1.82, 2.24) is 5.32 Å². The van der Waals surface area contributed by atoms with E-state index in [2.05, 4.69) is 5.32 Å². The highest BCUT2D eigenvalue weighted by molar-refractivity contribution is 7.10. The second kappa shape index (κ2) is 9.20. The lowest BCUT2D eigenvalue weighted by molar-refractivity contribution is -0.134. The van der Waals surface area contributed by atoms with Gasteiger partial charge in [0.1, 0.15) is 11.9 Å². The molecule has 0 aliphatic heterocycles. The van der Waals surface area contributed by atoms with Crippen LogP contribution in [0.25, 0.3) is 0 Å². The molecule has 1 aromatic carbocycles. The van der Waals surface area contributed by atoms with E-state index >= 15 is 0 Å². The minimum Gasteiger partial charge on any atom is -0.478 e. The fourth-order valence-electron chi connectivity index (χ4n) is 2.15. The highest BCUT2D eigenvalue weighted by Crippen LogP contribution is 2.23. The summed E-state index contributed by atoms with van der Waals surface area (Å²) in [5.41, 5.74) is -1.05. The molecule has 0 spiro atoms. The summed E-state index contributed by atoms with van der Waals surface area (Å²) >= 11 is 7.40. The normalized spacial score (nSPS) is 12.6. The molecule has 0 bridgehead atoms. The SMILES string of the molecule is CC(C)(Oc1ccc(Cl)cc1)C(=O)NCC(OCCO)c1cccs1. The van der Waals surface area contributed by atoms with E-state index in [1.165, 1.54) is 0 Å². The Morgan fingerprint density at radius 1 is 1.32 bits per heavy atom. The minimum atomic E-state index is -1.05. The average Bonchev–Trinajstić information content (AvgIpc) is 3.11. The Morgan fingerprint density at radius 3 is 2.64 bits per heavy atom. The first-order valence-corrected chi connectivity index (χ1v) is 9.17. The second-order valence-electron chi connectivity index (χ2n) is 5.87. The lowest BCUT2D eigenvalue weighted by Gasteiger charge is -2.26. The van der Waals surface area contributed by atoms with Crippen molar-refractivity contribution in [3.8, 4) is 5.75 Å². The number of halogens is 1. The smallest absolute Gasteiger partial charge is 0.263 e. The number of aliphatic hydroxyl groups excluding tert-OH is 1. The molecule has 2 N–H and O–H groups in total. The molecule has 1 amide bonds. The van der Waals surface area contributed by atoms with Gasteiger partial charge in [0.25, 0.3) is 5.91 Å². The Morgan fingerprint density at radius 2 is 2.04 bits per heavy atom. The van der Waals surface area contributed by atoms with Gasteiger partial charge in [-0.2, -0.15) is 0 Å². The zero-order valence-corrected chi connectivity index (χ0v) is 15.8. The number of nitrogens with one attached hydrogen (secondary N) is 1. The first kappa shape index (κ1) is 19.7. The van der Waals surface area contributed by atoms with Crippen LogP contribution in [0.1, 0.15) is 24.8 Å². The van der Waals surface area contributed by atoms with Crippen LogP contribution in [0, 0.1) is 0 Å². The molecular weight excluding hydrogens is 362 g/mol. The molecule has 1 aromatic heterocycles. The van der Waals surface area contributed by atoms with Gasteiger partial charge in [-0.3, -0.25) is 4.79 Å². The topological polar surface area (TPSA) is 67.8 Å². The summed E-state index contributed by atoms with van der Waals surface area (Å²) in [6.07, 6.45) is -0.303. The number of thiophene rings is 1. The van der Waals surface area contributed by atoms with E-state index in [-0.39, 0.29) is 25.2 Å². The first-order chi connectivity index (χ1) is 11.9. The van der Waals surface area contributed by atoms with E-state index in [9.17, 15) is 4.79 Å². The van der Waals surface area contributed by atoms with Crippen molar-refractivity contribution in [2.75, 3.05) is 19.8 Å². The van der Waals surface area contributed by atoms with Crippen molar-refractivity contribution in [2.45, 2.75) is 25.6 Å². The monoisotopic (exact) mass is 383 g/mol. The van der Waals surface area contributed by atoms with E-state index in [1.54, 1.807) is 49.4 Å². The van der Waals surface area contributed by atoms with Gasteiger partial charge in [-0.25, -0.2) is 0 Å². The Kier molecular flexibility index (Phi) is 7.25. The summed E-state index contributed by atoms with van der Waals surface area (Å²) in [6.45, 7) is 3.84. The number of amides is 1. The maximum Gasteiger partial charge on any atom is 0.263 e. The van der Waals surface area contributed by atoms with Gasteiger partial charge in [-0.15, -0.1) is 11.3 Å². The number of hydrogen-bond acceptors (Lipinski definition) is 5. The standard InChI is InChI=1S/C18H22ClNO4S/c1-18(2,24-14-7-5-13(19)6-8-14)17(22)20-12-15(23-10-9-21)16-4-3-11-25-16/h3-8,11,15,21H,9-10,12H2,1-2H3,(H,20,22). The zero-order valence-electron chi connectivity index (χ0n) is 14.2. The van der Waals surface area contributed by atoms with Gasteiger partial charge in [0.05, 0.1) is 13.2 Å². The highest BCUT2D eigenvalue weighted by atomic mass is 35.5. The van der Waals surface area contributed by atoms with Crippen molar-refractivity contribution in [3.63, 3.8) is 0 Å². The Bertz CT molecular complexity index is 658. The Balaban J connectivity index is 1.95. The molecule has 0 saturated carbocycles. The fraction of sp³-hybridized carbons (Fsp3) is 0.389. The maximum atomic E-state index is 12.5. The molecule has 0 fully saturated rings. The first-order valence-electron chi connectivity index (χ1n) is 7.91. The van der Waals surface area contributed by atoms with Crippen LogP contribution in [0.3, 0.4) is 0 Å². The lowest BCUT2D eigenvalue weighted by Crippen LogP contribution is -2.47. The molecule has 25 heavy (non-hydrogen) atoms. The summed E-state index contributed by atoms with van der Waals surface area (Å²) in [5.74, 6) is 0.312. The van der Waals surface area contributed by atoms with E-state index < -0.39 is 5.60 Å². The summed E-state index contributed by atoms with van der Waals surface area (Å²) < 4.78 is 11.4. The molecule has 1 heterocycles. The van der Waals surface area contributed by atoms with Crippen LogP contribution in [-0.4, -0.2) is 36.4 Å². The van der Waals surface area contributed by atoms with Crippen LogP contribution < -0.4 is 10.1 Å². The van der Waals surface area contributed by atoms with Gasteiger partial charge >= 0.3 is 0 Å². The summed E-state index contributed by atoms with van der Waals surface area (Å²) in [4.78, 5) is 13.5. The largest absolute Gasteiger partial charge is 0.478 e. The molecular formula is C18H22ClNO4S. The van der Waals surface area contributed by atoms with Crippen molar-refractivity contribution in [3.05, 3.63) is 51.7 Å². The van der Waals surface area contributed by atoms with E-state index in [4.69, 9.17) is 26.2 Å². The van der Waals surface area contributed by atoms with E-state index in [0.29, 0.717) is 17.3 Å². The molecule has 0 saturated heterocycles. The van der Waals surface area contributed by atoms with Crippen molar-refractivity contribution in [1.29, 1.82) is 0 Å². The van der Waals surface area contributed by atoms with Crippen molar-refractivity contribution >= 4 is 28.8 Å². The second-order valence-corrected chi connectivity index (χ2v) is 7.29. The van der Waals surface area contributed by atoms with E-state index in [1.807, 2.05) is 17.5 Å². The maximum absolute atomic E-state index is 12.5. The predicted octanol–water partition coefficient (Wildman–Crippen LogP) is 3.43. The summed E-state index contributed by atoms with van der Waals surface area (Å²) in [6, 6.07) is 10.7. The van der Waals surface area contributed by atoms with Crippen LogP contribution in [0.15, 0.2) is 41.8 Å². The van der Waals surface area contributed by atoms with Gasteiger partial charge in [-0.1, -0.05) is 17.7 Å². The van der Waals surface area contributed by atoms with Gasteiger partial charge in [0, 0.05) is 16.4 Å². The number of carbonyl (C=O) groups is 1. The summed E-state index contributed by atoms with van der Waals surface area (Å²) in [5, 5.41) is 14.4. The molecule has 5 nitrogen and oxygen atoms in total. The number of ether oxygens (including phenoxy) is 2. The molecule has 2 rings (SSSR count). The molecule has 0 aliphatic rings. The summed E-state index contributed by atoms with van der Waals surface area (Å²) in [7, 11) is 0. The molecule has 7 heteroatoms. The minimum absolute atomic E-state index is 0.0685. The predicted molar refractivity (Wildman–Crippen MR) is 99.3 cm³/mol. The van der Waals surface area contributed by atoms with Gasteiger partial charge in [-0.05, 0) is 49.6 Å². The average molecular weight is 384 g/mol. The zero-order chi connectivity index (χ0) is 18.3. The van der Waals surface area contributed by atoms with Crippen LogP contribution in [0.2, 0.25) is 5.02 Å². The number of benzene rings is 1. The van der Waals surface area contributed by atoms with Crippen LogP contribution in [0.5, 0.6) is 5.75 Å².